The molecule has 4 heteroatoms. The summed E-state index contributed by atoms with van der Waals surface area (Å²) < 4.78 is 4.66. The molecule has 0 aliphatic heterocycles. The van der Waals surface area contributed by atoms with Gasteiger partial charge in [0.1, 0.15) is 0 Å². The van der Waals surface area contributed by atoms with Crippen molar-refractivity contribution >= 4 is 5.97 Å². The standard InChI is InChI=1S/C13H26N2O2/c1-3-15(9-5-8-13(16)17-2)12-7-4-6-11(12)10-14/h11-12H,3-10,14H2,1-2H3. The van der Waals surface area contributed by atoms with E-state index in [1.54, 1.807) is 0 Å². The van der Waals surface area contributed by atoms with Crippen LogP contribution in [-0.2, 0) is 9.53 Å². The first-order valence-electron chi connectivity index (χ1n) is 6.73. The fraction of sp³-hybridized carbons (Fsp3) is 0.923. The Balaban J connectivity index is 2.34. The Morgan fingerprint density at radius 2 is 2.24 bits per heavy atom. The van der Waals surface area contributed by atoms with E-state index in [4.69, 9.17) is 5.73 Å². The maximum absolute atomic E-state index is 11.1. The number of methoxy groups -OCH3 is 1. The number of nitrogens with zero attached hydrogens (tertiary/aromatic N) is 1. The minimum Gasteiger partial charge on any atom is -0.469 e. The molecule has 2 atom stereocenters. The molecule has 1 saturated carbocycles. The van der Waals surface area contributed by atoms with Crippen LogP contribution in [0, 0.1) is 5.92 Å². The van der Waals surface area contributed by atoms with Gasteiger partial charge in [-0.15, -0.1) is 0 Å². The van der Waals surface area contributed by atoms with Crippen molar-refractivity contribution in [1.82, 2.24) is 4.90 Å². The highest BCUT2D eigenvalue weighted by Crippen LogP contribution is 2.29. The van der Waals surface area contributed by atoms with Gasteiger partial charge in [0, 0.05) is 12.5 Å². The van der Waals surface area contributed by atoms with Gasteiger partial charge in [-0.2, -0.15) is 0 Å². The average Bonchev–Trinajstić information content (AvgIpc) is 2.82. The van der Waals surface area contributed by atoms with Crippen LogP contribution < -0.4 is 5.73 Å². The summed E-state index contributed by atoms with van der Waals surface area (Å²) in [4.78, 5) is 13.5. The highest BCUT2D eigenvalue weighted by atomic mass is 16.5. The Labute approximate surface area is 104 Å². The number of carbonyl (C=O) groups excluding carboxylic acids is 1. The summed E-state index contributed by atoms with van der Waals surface area (Å²) in [6.45, 7) is 5.00. The van der Waals surface area contributed by atoms with Crippen LogP contribution in [0.15, 0.2) is 0 Å². The van der Waals surface area contributed by atoms with Gasteiger partial charge in [-0.25, -0.2) is 0 Å². The molecular weight excluding hydrogens is 216 g/mol. The fourth-order valence-electron chi connectivity index (χ4n) is 2.86. The number of hydrogen-bond donors (Lipinski definition) is 1. The number of nitrogens with two attached hydrogens (primary N) is 1. The van der Waals surface area contributed by atoms with Crippen LogP contribution in [0.25, 0.3) is 0 Å². The summed E-state index contributed by atoms with van der Waals surface area (Å²) in [5, 5.41) is 0. The maximum Gasteiger partial charge on any atom is 0.305 e. The third-order valence-corrected chi connectivity index (χ3v) is 3.85. The van der Waals surface area contributed by atoms with E-state index in [1.807, 2.05) is 0 Å². The summed E-state index contributed by atoms with van der Waals surface area (Å²) in [6, 6.07) is 0.627. The zero-order valence-corrected chi connectivity index (χ0v) is 11.2. The van der Waals surface area contributed by atoms with Crippen molar-refractivity contribution < 1.29 is 9.53 Å². The van der Waals surface area contributed by atoms with Crippen molar-refractivity contribution in [1.29, 1.82) is 0 Å². The molecule has 100 valence electrons. The molecule has 0 saturated heterocycles. The second-order valence-corrected chi connectivity index (χ2v) is 4.80. The molecule has 1 rings (SSSR count). The van der Waals surface area contributed by atoms with Crippen molar-refractivity contribution in [2.75, 3.05) is 26.7 Å². The smallest absolute Gasteiger partial charge is 0.305 e. The van der Waals surface area contributed by atoms with Crippen LogP contribution in [0.3, 0.4) is 0 Å². The van der Waals surface area contributed by atoms with E-state index in [0.717, 1.165) is 26.1 Å². The SMILES string of the molecule is CCN(CCCC(=O)OC)C1CCCC1CN. The normalized spacial score (nSPS) is 24.2. The number of rotatable bonds is 7. The van der Waals surface area contributed by atoms with Gasteiger partial charge < -0.3 is 15.4 Å². The van der Waals surface area contributed by atoms with E-state index in [2.05, 4.69) is 16.6 Å². The van der Waals surface area contributed by atoms with E-state index in [1.165, 1.54) is 26.4 Å². The fourth-order valence-corrected chi connectivity index (χ4v) is 2.86. The zero-order valence-electron chi connectivity index (χ0n) is 11.2. The first-order chi connectivity index (χ1) is 8.22. The molecule has 1 aliphatic rings. The van der Waals surface area contributed by atoms with Crippen molar-refractivity contribution in [3.05, 3.63) is 0 Å². The first kappa shape index (κ1) is 14.5. The molecule has 0 spiro atoms. The third-order valence-electron chi connectivity index (χ3n) is 3.85. The van der Waals surface area contributed by atoms with E-state index >= 15 is 0 Å². The molecule has 1 fully saturated rings. The summed E-state index contributed by atoms with van der Waals surface area (Å²) >= 11 is 0. The minimum atomic E-state index is -0.108. The van der Waals surface area contributed by atoms with Crippen molar-refractivity contribution in [2.24, 2.45) is 11.7 Å². The predicted octanol–water partition coefficient (Wildman–Crippen LogP) is 1.39. The number of esters is 1. The molecule has 4 nitrogen and oxygen atoms in total. The van der Waals surface area contributed by atoms with Gasteiger partial charge in [0.05, 0.1) is 7.11 Å². The topological polar surface area (TPSA) is 55.6 Å². The summed E-state index contributed by atoms with van der Waals surface area (Å²) in [6.07, 6.45) is 5.21. The molecule has 2 unspecified atom stereocenters. The van der Waals surface area contributed by atoms with E-state index in [0.29, 0.717) is 18.4 Å². The summed E-state index contributed by atoms with van der Waals surface area (Å²) in [7, 11) is 1.45. The van der Waals surface area contributed by atoms with E-state index in [-0.39, 0.29) is 5.97 Å². The van der Waals surface area contributed by atoms with Gasteiger partial charge in [0.15, 0.2) is 0 Å². The number of carbonyl (C=O) groups is 1. The first-order valence-corrected chi connectivity index (χ1v) is 6.73. The monoisotopic (exact) mass is 242 g/mol. The second-order valence-electron chi connectivity index (χ2n) is 4.80. The molecule has 2 N–H and O–H groups in total. The van der Waals surface area contributed by atoms with Crippen LogP contribution in [0.5, 0.6) is 0 Å². The average molecular weight is 242 g/mol. The Hall–Kier alpha value is -0.610. The zero-order chi connectivity index (χ0) is 12.7. The van der Waals surface area contributed by atoms with Gasteiger partial charge >= 0.3 is 5.97 Å². The largest absolute Gasteiger partial charge is 0.469 e. The lowest BCUT2D eigenvalue weighted by Crippen LogP contribution is -2.40. The van der Waals surface area contributed by atoms with Crippen LogP contribution in [0.4, 0.5) is 0 Å². The molecule has 0 bridgehead atoms. The molecule has 0 aromatic heterocycles. The van der Waals surface area contributed by atoms with E-state index in [9.17, 15) is 4.79 Å². The number of hydrogen-bond acceptors (Lipinski definition) is 4. The van der Waals surface area contributed by atoms with Crippen molar-refractivity contribution in [3.63, 3.8) is 0 Å². The Morgan fingerprint density at radius 3 is 2.82 bits per heavy atom. The highest BCUT2D eigenvalue weighted by Gasteiger charge is 2.29. The van der Waals surface area contributed by atoms with Crippen molar-refractivity contribution in [3.8, 4) is 0 Å². The summed E-state index contributed by atoms with van der Waals surface area (Å²) in [5.74, 6) is 0.538. The summed E-state index contributed by atoms with van der Waals surface area (Å²) in [5.41, 5.74) is 5.81. The maximum atomic E-state index is 11.1. The lowest BCUT2D eigenvalue weighted by Gasteiger charge is -2.31. The highest BCUT2D eigenvalue weighted by molar-refractivity contribution is 5.69. The van der Waals surface area contributed by atoms with Crippen LogP contribution in [0.2, 0.25) is 0 Å². The van der Waals surface area contributed by atoms with Gasteiger partial charge in [0.25, 0.3) is 0 Å². The van der Waals surface area contributed by atoms with Crippen molar-refractivity contribution in [2.45, 2.75) is 45.1 Å². The molecule has 1 aliphatic carbocycles. The Bertz CT molecular complexity index is 233. The molecule has 0 radical (unpaired) electrons. The lowest BCUT2D eigenvalue weighted by atomic mass is 10.0. The molecule has 0 amide bonds. The molecule has 0 heterocycles. The Morgan fingerprint density at radius 1 is 1.47 bits per heavy atom. The van der Waals surface area contributed by atoms with Crippen LogP contribution in [0.1, 0.15) is 39.0 Å². The van der Waals surface area contributed by atoms with Crippen LogP contribution in [-0.4, -0.2) is 43.7 Å². The Kier molecular flexibility index (Phi) is 6.52. The van der Waals surface area contributed by atoms with Crippen LogP contribution >= 0.6 is 0 Å². The van der Waals surface area contributed by atoms with E-state index < -0.39 is 0 Å². The molecule has 0 aromatic carbocycles. The van der Waals surface area contributed by atoms with Gasteiger partial charge in [-0.05, 0) is 44.8 Å². The lowest BCUT2D eigenvalue weighted by molar-refractivity contribution is -0.140. The minimum absolute atomic E-state index is 0.108. The third kappa shape index (κ3) is 4.28. The second kappa shape index (κ2) is 7.67. The molecule has 17 heavy (non-hydrogen) atoms. The van der Waals surface area contributed by atoms with Gasteiger partial charge in [-0.1, -0.05) is 13.3 Å². The number of ether oxygens (including phenoxy) is 1. The molecular formula is C13H26N2O2. The van der Waals surface area contributed by atoms with Gasteiger partial charge in [0.2, 0.25) is 0 Å². The predicted molar refractivity (Wildman–Crippen MR) is 68.7 cm³/mol. The quantitative estimate of drug-likeness (QED) is 0.685. The van der Waals surface area contributed by atoms with Gasteiger partial charge in [-0.3, -0.25) is 4.79 Å². The molecule has 0 aromatic rings.